The Bertz CT molecular complexity index is 680. The third-order valence-corrected chi connectivity index (χ3v) is 3.48. The second-order valence-corrected chi connectivity index (χ2v) is 5.04. The Kier molecular flexibility index (Phi) is 4.99. The average molecular weight is 299 g/mol. The van der Waals surface area contributed by atoms with Gasteiger partial charge in [0.05, 0.1) is 0 Å². The lowest BCUT2D eigenvalue weighted by atomic mass is 10.2. The van der Waals surface area contributed by atoms with Crippen LogP contribution in [-0.2, 0) is 0 Å². The predicted octanol–water partition coefficient (Wildman–Crippen LogP) is 4.67. The summed E-state index contributed by atoms with van der Waals surface area (Å²) in [5.74, 6) is 0.133. The van der Waals surface area contributed by atoms with Gasteiger partial charge in [-0.05, 0) is 50.6 Å². The summed E-state index contributed by atoms with van der Waals surface area (Å²) in [4.78, 5) is 2.13. The molecule has 2 aromatic carbocycles. The molecule has 0 bridgehead atoms. The number of aromatic hydroxyl groups is 2. The van der Waals surface area contributed by atoms with Crippen LogP contribution in [0.3, 0.4) is 0 Å². The van der Waals surface area contributed by atoms with Gasteiger partial charge in [0.2, 0.25) is 0 Å². The molecule has 2 aromatic rings. The van der Waals surface area contributed by atoms with E-state index >= 15 is 0 Å². The lowest BCUT2D eigenvalue weighted by molar-refractivity contribution is 0.474. The maximum atomic E-state index is 10.1. The van der Waals surface area contributed by atoms with Crippen molar-refractivity contribution in [1.29, 1.82) is 0 Å². The first kappa shape index (κ1) is 15.8. The van der Waals surface area contributed by atoms with Gasteiger partial charge in [0, 0.05) is 24.8 Å². The van der Waals surface area contributed by atoms with Gasteiger partial charge in [0.15, 0.2) is 0 Å². The van der Waals surface area contributed by atoms with Gasteiger partial charge in [-0.15, -0.1) is 10.2 Å². The van der Waals surface area contributed by atoms with Crippen LogP contribution < -0.4 is 4.90 Å². The van der Waals surface area contributed by atoms with Crippen molar-refractivity contribution in [2.75, 3.05) is 18.0 Å². The number of azo groups is 1. The number of benzene rings is 2. The number of hydrogen-bond donors (Lipinski definition) is 2. The molecule has 0 aliphatic heterocycles. The molecule has 2 rings (SSSR count). The fourth-order valence-electron chi connectivity index (χ4n) is 2.20. The van der Waals surface area contributed by atoms with Gasteiger partial charge < -0.3 is 15.1 Å². The fraction of sp³-hybridized carbons (Fsp3) is 0.294. The standard InChI is InChI=1S/C17H21N3O2/c1-4-20(5-2)13-7-8-14(17(22)11-13)18-19-15-10-12(3)6-9-16(15)21/h6-11,21-22H,4-5H2,1-3H3. The lowest BCUT2D eigenvalue weighted by Crippen LogP contribution is -2.21. The highest BCUT2D eigenvalue weighted by Crippen LogP contribution is 2.34. The molecule has 0 unspecified atom stereocenters. The molecule has 0 spiro atoms. The van der Waals surface area contributed by atoms with Crippen molar-refractivity contribution in [3.05, 3.63) is 42.0 Å². The van der Waals surface area contributed by atoms with E-state index in [4.69, 9.17) is 0 Å². The largest absolute Gasteiger partial charge is 0.506 e. The van der Waals surface area contributed by atoms with Crippen molar-refractivity contribution in [2.45, 2.75) is 20.8 Å². The first-order chi connectivity index (χ1) is 10.5. The highest BCUT2D eigenvalue weighted by Gasteiger charge is 2.07. The van der Waals surface area contributed by atoms with Crippen molar-refractivity contribution in [3.8, 4) is 11.5 Å². The van der Waals surface area contributed by atoms with Gasteiger partial charge in [-0.1, -0.05) is 6.07 Å². The zero-order valence-electron chi connectivity index (χ0n) is 13.1. The second kappa shape index (κ2) is 6.93. The molecule has 0 aliphatic rings. The summed E-state index contributed by atoms with van der Waals surface area (Å²) in [5, 5.41) is 27.9. The van der Waals surface area contributed by atoms with Gasteiger partial charge in [-0.2, -0.15) is 0 Å². The molecule has 0 heterocycles. The zero-order chi connectivity index (χ0) is 16.1. The van der Waals surface area contributed by atoms with Gasteiger partial charge in [-0.3, -0.25) is 0 Å². The topological polar surface area (TPSA) is 68.4 Å². The molecule has 5 nitrogen and oxygen atoms in total. The SMILES string of the molecule is CCN(CC)c1ccc(N=Nc2cc(C)ccc2O)c(O)c1. The Morgan fingerprint density at radius 3 is 2.18 bits per heavy atom. The molecule has 0 radical (unpaired) electrons. The summed E-state index contributed by atoms with van der Waals surface area (Å²) in [6, 6.07) is 10.4. The summed E-state index contributed by atoms with van der Waals surface area (Å²) in [6.07, 6.45) is 0. The maximum Gasteiger partial charge on any atom is 0.145 e. The molecule has 0 saturated heterocycles. The first-order valence-corrected chi connectivity index (χ1v) is 7.34. The van der Waals surface area contributed by atoms with Gasteiger partial charge in [0.1, 0.15) is 22.9 Å². The summed E-state index contributed by atoms with van der Waals surface area (Å²) in [5.41, 5.74) is 2.68. The minimum Gasteiger partial charge on any atom is -0.506 e. The van der Waals surface area contributed by atoms with Crippen LogP contribution in [0.25, 0.3) is 0 Å². The maximum absolute atomic E-state index is 10.1. The van der Waals surface area contributed by atoms with E-state index in [2.05, 4.69) is 29.0 Å². The number of rotatable bonds is 5. The van der Waals surface area contributed by atoms with E-state index in [1.807, 2.05) is 13.0 Å². The van der Waals surface area contributed by atoms with Crippen molar-refractivity contribution in [2.24, 2.45) is 10.2 Å². The smallest absolute Gasteiger partial charge is 0.145 e. The number of anilines is 1. The number of phenols is 2. The number of hydrogen-bond acceptors (Lipinski definition) is 5. The molecule has 0 amide bonds. The van der Waals surface area contributed by atoms with E-state index in [1.165, 1.54) is 0 Å². The Labute approximate surface area is 130 Å². The predicted molar refractivity (Wildman–Crippen MR) is 88.7 cm³/mol. The molecule has 0 atom stereocenters. The van der Waals surface area contributed by atoms with Crippen LogP contribution >= 0.6 is 0 Å². The van der Waals surface area contributed by atoms with Gasteiger partial charge in [-0.25, -0.2) is 0 Å². The third kappa shape index (κ3) is 3.55. The van der Waals surface area contributed by atoms with E-state index < -0.39 is 0 Å². The quantitative estimate of drug-likeness (QED) is 0.788. The highest BCUT2D eigenvalue weighted by atomic mass is 16.3. The average Bonchev–Trinajstić information content (AvgIpc) is 2.51. The zero-order valence-corrected chi connectivity index (χ0v) is 13.1. The van der Waals surface area contributed by atoms with Crippen LogP contribution in [0.15, 0.2) is 46.6 Å². The molecule has 0 aromatic heterocycles. The lowest BCUT2D eigenvalue weighted by Gasteiger charge is -2.21. The third-order valence-electron chi connectivity index (χ3n) is 3.48. The van der Waals surface area contributed by atoms with Crippen LogP contribution in [0.1, 0.15) is 19.4 Å². The van der Waals surface area contributed by atoms with Crippen LogP contribution in [0.4, 0.5) is 17.1 Å². The van der Waals surface area contributed by atoms with Crippen molar-refractivity contribution >= 4 is 17.1 Å². The van der Waals surface area contributed by atoms with Gasteiger partial charge in [0.25, 0.3) is 0 Å². The van der Waals surface area contributed by atoms with E-state index in [-0.39, 0.29) is 11.5 Å². The Morgan fingerprint density at radius 2 is 1.55 bits per heavy atom. The summed E-state index contributed by atoms with van der Waals surface area (Å²) in [7, 11) is 0. The van der Waals surface area contributed by atoms with Gasteiger partial charge >= 0.3 is 0 Å². The monoisotopic (exact) mass is 299 g/mol. The summed E-state index contributed by atoms with van der Waals surface area (Å²) >= 11 is 0. The first-order valence-electron chi connectivity index (χ1n) is 7.34. The molecular weight excluding hydrogens is 278 g/mol. The minimum atomic E-state index is 0.0635. The fourth-order valence-corrected chi connectivity index (χ4v) is 2.20. The summed E-state index contributed by atoms with van der Waals surface area (Å²) < 4.78 is 0. The van der Waals surface area contributed by atoms with E-state index in [0.29, 0.717) is 11.4 Å². The van der Waals surface area contributed by atoms with E-state index in [9.17, 15) is 10.2 Å². The summed E-state index contributed by atoms with van der Waals surface area (Å²) in [6.45, 7) is 7.78. The molecule has 2 N–H and O–H groups in total. The minimum absolute atomic E-state index is 0.0635. The molecule has 0 fully saturated rings. The molecule has 0 saturated carbocycles. The van der Waals surface area contributed by atoms with Crippen molar-refractivity contribution in [1.82, 2.24) is 0 Å². The molecular formula is C17H21N3O2. The van der Waals surface area contributed by atoms with Crippen LogP contribution in [0.2, 0.25) is 0 Å². The van der Waals surface area contributed by atoms with Crippen LogP contribution in [0, 0.1) is 6.92 Å². The molecule has 116 valence electrons. The van der Waals surface area contributed by atoms with Crippen molar-refractivity contribution < 1.29 is 10.2 Å². The highest BCUT2D eigenvalue weighted by molar-refractivity contribution is 5.61. The molecule has 0 aliphatic carbocycles. The Balaban J connectivity index is 2.26. The van der Waals surface area contributed by atoms with E-state index in [0.717, 1.165) is 24.3 Å². The number of aryl methyl sites for hydroxylation is 1. The number of phenolic OH excluding ortho intramolecular Hbond substituents is 2. The van der Waals surface area contributed by atoms with Crippen LogP contribution in [-0.4, -0.2) is 23.3 Å². The van der Waals surface area contributed by atoms with Crippen molar-refractivity contribution in [3.63, 3.8) is 0 Å². The number of nitrogens with zero attached hydrogens (tertiary/aromatic N) is 3. The Morgan fingerprint density at radius 1 is 0.864 bits per heavy atom. The Hall–Kier alpha value is -2.56. The second-order valence-electron chi connectivity index (χ2n) is 5.04. The van der Waals surface area contributed by atoms with E-state index in [1.54, 1.807) is 30.3 Å². The normalized spacial score (nSPS) is 11.0. The molecule has 22 heavy (non-hydrogen) atoms. The molecule has 5 heteroatoms. The van der Waals surface area contributed by atoms with Crippen LogP contribution in [0.5, 0.6) is 11.5 Å².